The van der Waals surface area contributed by atoms with E-state index in [1.165, 1.54) is 4.68 Å². The van der Waals surface area contributed by atoms with Crippen LogP contribution in [0.2, 0.25) is 0 Å². The number of anilines is 1. The minimum atomic E-state index is -0.589. The van der Waals surface area contributed by atoms with Gasteiger partial charge in [-0.2, -0.15) is 4.68 Å². The maximum Gasteiger partial charge on any atom is 0.362 e. The summed E-state index contributed by atoms with van der Waals surface area (Å²) < 4.78 is 11.3. The molecule has 0 spiro atoms. The summed E-state index contributed by atoms with van der Waals surface area (Å²) in [4.78, 5) is 11.6. The second-order valence-electron chi connectivity index (χ2n) is 3.66. The van der Waals surface area contributed by atoms with E-state index in [2.05, 4.69) is 10.3 Å². The summed E-state index contributed by atoms with van der Waals surface area (Å²) in [5, 5.41) is 7.59. The SMILES string of the molecule is CCOC(=O)c1nnn(-c2cccc(OC)c2)c1N. The van der Waals surface area contributed by atoms with Crippen molar-refractivity contribution in [1.29, 1.82) is 0 Å². The van der Waals surface area contributed by atoms with Crippen LogP contribution in [-0.2, 0) is 4.74 Å². The van der Waals surface area contributed by atoms with Crippen molar-refractivity contribution in [3.05, 3.63) is 30.0 Å². The highest BCUT2D eigenvalue weighted by Crippen LogP contribution is 2.19. The van der Waals surface area contributed by atoms with Crippen LogP contribution in [0, 0.1) is 0 Å². The quantitative estimate of drug-likeness (QED) is 0.827. The van der Waals surface area contributed by atoms with Crippen LogP contribution < -0.4 is 10.5 Å². The predicted octanol–water partition coefficient (Wildman–Crippen LogP) is 1.03. The number of hydrogen-bond donors (Lipinski definition) is 1. The third kappa shape index (κ3) is 2.49. The minimum Gasteiger partial charge on any atom is -0.497 e. The monoisotopic (exact) mass is 262 g/mol. The molecule has 100 valence electrons. The predicted molar refractivity (Wildman–Crippen MR) is 68.3 cm³/mol. The molecule has 2 rings (SSSR count). The molecule has 2 aromatic rings. The summed E-state index contributed by atoms with van der Waals surface area (Å²) in [6.07, 6.45) is 0. The molecule has 2 N–H and O–H groups in total. The van der Waals surface area contributed by atoms with E-state index in [1.807, 2.05) is 0 Å². The fourth-order valence-electron chi connectivity index (χ4n) is 1.57. The van der Waals surface area contributed by atoms with Gasteiger partial charge in [-0.1, -0.05) is 11.3 Å². The molecule has 1 aromatic heterocycles. The molecule has 0 bridgehead atoms. The average molecular weight is 262 g/mol. The van der Waals surface area contributed by atoms with Crippen molar-refractivity contribution in [2.45, 2.75) is 6.92 Å². The molecule has 0 amide bonds. The maximum atomic E-state index is 11.6. The zero-order valence-corrected chi connectivity index (χ0v) is 10.7. The van der Waals surface area contributed by atoms with Crippen LogP contribution in [0.1, 0.15) is 17.4 Å². The smallest absolute Gasteiger partial charge is 0.362 e. The molecule has 7 heteroatoms. The van der Waals surface area contributed by atoms with Crippen LogP contribution >= 0.6 is 0 Å². The molecule has 0 aliphatic carbocycles. The average Bonchev–Trinajstić information content (AvgIpc) is 2.81. The Morgan fingerprint density at radius 1 is 1.47 bits per heavy atom. The van der Waals surface area contributed by atoms with Gasteiger partial charge in [0.05, 0.1) is 19.4 Å². The lowest BCUT2D eigenvalue weighted by atomic mass is 10.3. The fourth-order valence-corrected chi connectivity index (χ4v) is 1.57. The molecule has 0 unspecified atom stereocenters. The van der Waals surface area contributed by atoms with Gasteiger partial charge in [0.1, 0.15) is 5.75 Å². The zero-order valence-electron chi connectivity index (χ0n) is 10.7. The first-order valence-electron chi connectivity index (χ1n) is 5.70. The molecule has 0 atom stereocenters. The number of nitrogens with two attached hydrogens (primary N) is 1. The summed E-state index contributed by atoms with van der Waals surface area (Å²) in [5.41, 5.74) is 6.51. The van der Waals surface area contributed by atoms with E-state index in [0.29, 0.717) is 11.4 Å². The van der Waals surface area contributed by atoms with E-state index in [0.717, 1.165) is 0 Å². The molecular weight excluding hydrogens is 248 g/mol. The molecule has 19 heavy (non-hydrogen) atoms. The highest BCUT2D eigenvalue weighted by atomic mass is 16.5. The van der Waals surface area contributed by atoms with Gasteiger partial charge in [-0.25, -0.2) is 4.79 Å². The van der Waals surface area contributed by atoms with Gasteiger partial charge in [-0.05, 0) is 19.1 Å². The normalized spacial score (nSPS) is 10.2. The highest BCUT2D eigenvalue weighted by molar-refractivity contribution is 5.92. The number of ether oxygens (including phenoxy) is 2. The number of benzene rings is 1. The molecular formula is C12H14N4O3. The van der Waals surface area contributed by atoms with E-state index < -0.39 is 5.97 Å². The van der Waals surface area contributed by atoms with E-state index >= 15 is 0 Å². The number of hydrogen-bond acceptors (Lipinski definition) is 6. The van der Waals surface area contributed by atoms with Crippen molar-refractivity contribution in [3.63, 3.8) is 0 Å². The van der Waals surface area contributed by atoms with Crippen LogP contribution in [0.4, 0.5) is 5.82 Å². The van der Waals surface area contributed by atoms with Gasteiger partial charge in [-0.3, -0.25) is 0 Å². The topological polar surface area (TPSA) is 92.3 Å². The van der Waals surface area contributed by atoms with Gasteiger partial charge in [-0.15, -0.1) is 5.10 Å². The first-order valence-corrected chi connectivity index (χ1v) is 5.70. The lowest BCUT2D eigenvalue weighted by Gasteiger charge is -2.05. The minimum absolute atomic E-state index is 0.00432. The lowest BCUT2D eigenvalue weighted by Crippen LogP contribution is -2.09. The summed E-state index contributed by atoms with van der Waals surface area (Å²) >= 11 is 0. The number of esters is 1. The van der Waals surface area contributed by atoms with Crippen molar-refractivity contribution >= 4 is 11.8 Å². The van der Waals surface area contributed by atoms with Gasteiger partial charge < -0.3 is 15.2 Å². The van der Waals surface area contributed by atoms with Crippen LogP contribution in [0.25, 0.3) is 5.69 Å². The largest absolute Gasteiger partial charge is 0.497 e. The van der Waals surface area contributed by atoms with Crippen LogP contribution in [-0.4, -0.2) is 34.7 Å². The Hall–Kier alpha value is -2.57. The van der Waals surface area contributed by atoms with Crippen molar-refractivity contribution in [2.24, 2.45) is 0 Å². The first-order chi connectivity index (χ1) is 9.17. The molecule has 7 nitrogen and oxygen atoms in total. The van der Waals surface area contributed by atoms with Crippen LogP contribution in [0.15, 0.2) is 24.3 Å². The summed E-state index contributed by atoms with van der Waals surface area (Å²) in [6.45, 7) is 1.96. The Balaban J connectivity index is 2.38. The van der Waals surface area contributed by atoms with Gasteiger partial charge in [0.15, 0.2) is 5.82 Å². The van der Waals surface area contributed by atoms with Gasteiger partial charge in [0.25, 0.3) is 0 Å². The number of methoxy groups -OCH3 is 1. The molecule has 0 saturated carbocycles. The molecule has 1 aromatic carbocycles. The number of aromatic nitrogens is 3. The Morgan fingerprint density at radius 3 is 2.95 bits per heavy atom. The molecule has 1 heterocycles. The Kier molecular flexibility index (Phi) is 3.65. The number of carbonyl (C=O) groups is 1. The summed E-state index contributed by atoms with van der Waals surface area (Å²) in [7, 11) is 1.56. The standard InChI is InChI=1S/C12H14N4O3/c1-3-19-12(17)10-11(13)16(15-14-10)8-5-4-6-9(7-8)18-2/h4-7H,3,13H2,1-2H3. The van der Waals surface area contributed by atoms with Crippen LogP contribution in [0.5, 0.6) is 5.75 Å². The molecule has 0 aliphatic rings. The van der Waals surface area contributed by atoms with Gasteiger partial charge in [0.2, 0.25) is 5.69 Å². The maximum absolute atomic E-state index is 11.6. The van der Waals surface area contributed by atoms with E-state index in [-0.39, 0.29) is 18.1 Å². The third-order valence-corrected chi connectivity index (χ3v) is 2.47. The highest BCUT2D eigenvalue weighted by Gasteiger charge is 2.19. The van der Waals surface area contributed by atoms with E-state index in [4.69, 9.17) is 15.2 Å². The fraction of sp³-hybridized carbons (Fsp3) is 0.250. The van der Waals surface area contributed by atoms with Crippen molar-refractivity contribution in [3.8, 4) is 11.4 Å². The summed E-state index contributed by atoms with van der Waals surface area (Å²) in [6, 6.07) is 7.10. The molecule has 0 radical (unpaired) electrons. The molecule has 0 fully saturated rings. The van der Waals surface area contributed by atoms with Gasteiger partial charge >= 0.3 is 5.97 Å². The molecule has 0 aliphatic heterocycles. The Bertz CT molecular complexity index is 594. The second-order valence-corrected chi connectivity index (χ2v) is 3.66. The number of rotatable bonds is 4. The third-order valence-electron chi connectivity index (χ3n) is 2.47. The second kappa shape index (κ2) is 5.38. The van der Waals surface area contributed by atoms with Crippen molar-refractivity contribution < 1.29 is 14.3 Å². The molecule has 0 saturated heterocycles. The van der Waals surface area contributed by atoms with Crippen LogP contribution in [0.3, 0.4) is 0 Å². The van der Waals surface area contributed by atoms with Crippen molar-refractivity contribution in [2.75, 3.05) is 19.5 Å². The lowest BCUT2D eigenvalue weighted by molar-refractivity contribution is 0.0520. The zero-order chi connectivity index (χ0) is 13.8. The first kappa shape index (κ1) is 12.9. The number of nitrogen functional groups attached to an aromatic ring is 1. The summed E-state index contributed by atoms with van der Waals surface area (Å²) in [5.74, 6) is 0.200. The van der Waals surface area contributed by atoms with Gasteiger partial charge in [0, 0.05) is 6.07 Å². The Morgan fingerprint density at radius 2 is 2.26 bits per heavy atom. The Labute approximate surface area is 109 Å². The van der Waals surface area contributed by atoms with E-state index in [1.54, 1.807) is 38.3 Å². The number of carbonyl (C=O) groups excluding carboxylic acids is 1. The number of nitrogens with zero attached hydrogens (tertiary/aromatic N) is 3. The van der Waals surface area contributed by atoms with Crippen molar-refractivity contribution in [1.82, 2.24) is 15.0 Å². The van der Waals surface area contributed by atoms with E-state index in [9.17, 15) is 4.79 Å².